The van der Waals surface area contributed by atoms with Crippen LogP contribution in [0.5, 0.6) is 11.5 Å². The first kappa shape index (κ1) is 17.4. The van der Waals surface area contributed by atoms with Gasteiger partial charge in [0.05, 0.1) is 6.20 Å². The highest BCUT2D eigenvalue weighted by Gasteiger charge is 2.06. The van der Waals surface area contributed by atoms with Gasteiger partial charge in [0.1, 0.15) is 5.75 Å². The molecule has 1 heterocycles. The van der Waals surface area contributed by atoms with Crippen LogP contribution >= 0.6 is 0 Å². The van der Waals surface area contributed by atoms with E-state index in [1.165, 1.54) is 24.4 Å². The standard InChI is InChI=1S/C21H17FN2O2/c1-15-4-2-5-17(12-15)24-21(25)10-8-16-7-9-20(19(22)13-16)26-18-6-3-11-23-14-18/h2-14H,1H3,(H,24,25)/b10-8+. The van der Waals surface area contributed by atoms with Crippen LogP contribution in [0.1, 0.15) is 11.1 Å². The SMILES string of the molecule is Cc1cccc(NC(=O)/C=C/c2ccc(Oc3cccnc3)c(F)c2)c1. The van der Waals surface area contributed by atoms with Crippen molar-refractivity contribution in [3.63, 3.8) is 0 Å². The number of benzene rings is 2. The fraction of sp³-hybridized carbons (Fsp3) is 0.0476. The van der Waals surface area contributed by atoms with Gasteiger partial charge in [-0.05, 0) is 60.5 Å². The molecule has 0 spiro atoms. The first-order valence-electron chi connectivity index (χ1n) is 8.03. The maximum absolute atomic E-state index is 14.2. The van der Waals surface area contributed by atoms with Crippen molar-refractivity contribution >= 4 is 17.7 Å². The molecule has 0 radical (unpaired) electrons. The number of aromatic nitrogens is 1. The lowest BCUT2D eigenvalue weighted by molar-refractivity contribution is -0.111. The number of pyridine rings is 1. The number of ether oxygens (including phenoxy) is 1. The summed E-state index contributed by atoms with van der Waals surface area (Å²) in [5, 5.41) is 2.76. The third kappa shape index (κ3) is 4.77. The van der Waals surface area contributed by atoms with Gasteiger partial charge < -0.3 is 10.1 Å². The zero-order chi connectivity index (χ0) is 18.4. The number of nitrogens with one attached hydrogen (secondary N) is 1. The Labute approximate surface area is 151 Å². The normalized spacial score (nSPS) is 10.7. The smallest absolute Gasteiger partial charge is 0.248 e. The summed E-state index contributed by atoms with van der Waals surface area (Å²) in [7, 11) is 0. The van der Waals surface area contributed by atoms with Crippen LogP contribution in [0, 0.1) is 12.7 Å². The molecule has 4 nitrogen and oxygen atoms in total. The second-order valence-electron chi connectivity index (χ2n) is 5.67. The van der Waals surface area contributed by atoms with Gasteiger partial charge in [0.25, 0.3) is 0 Å². The van der Waals surface area contributed by atoms with Crippen LogP contribution in [0.15, 0.2) is 73.1 Å². The van der Waals surface area contributed by atoms with Crippen molar-refractivity contribution in [3.05, 3.63) is 90.0 Å². The molecule has 5 heteroatoms. The van der Waals surface area contributed by atoms with Gasteiger partial charge in [0, 0.05) is 18.0 Å². The average Bonchev–Trinajstić information content (AvgIpc) is 2.63. The third-order valence-electron chi connectivity index (χ3n) is 3.53. The number of amides is 1. The van der Waals surface area contributed by atoms with Crippen LogP contribution in [-0.2, 0) is 4.79 Å². The Hall–Kier alpha value is -3.47. The van der Waals surface area contributed by atoms with E-state index < -0.39 is 5.82 Å². The highest BCUT2D eigenvalue weighted by atomic mass is 19.1. The molecule has 2 aromatic carbocycles. The van der Waals surface area contributed by atoms with Crippen molar-refractivity contribution in [2.75, 3.05) is 5.32 Å². The number of anilines is 1. The topological polar surface area (TPSA) is 51.2 Å². The second kappa shape index (κ2) is 8.07. The van der Waals surface area contributed by atoms with Crippen LogP contribution in [0.25, 0.3) is 6.08 Å². The van der Waals surface area contributed by atoms with E-state index in [0.717, 1.165) is 5.56 Å². The van der Waals surface area contributed by atoms with Crippen LogP contribution in [0.4, 0.5) is 10.1 Å². The first-order valence-corrected chi connectivity index (χ1v) is 8.03. The van der Waals surface area contributed by atoms with Gasteiger partial charge in [0.15, 0.2) is 11.6 Å². The highest BCUT2D eigenvalue weighted by Crippen LogP contribution is 2.24. The summed E-state index contributed by atoms with van der Waals surface area (Å²) in [5.41, 5.74) is 2.32. The van der Waals surface area contributed by atoms with Gasteiger partial charge in [0.2, 0.25) is 5.91 Å². The molecule has 3 aromatic rings. The minimum atomic E-state index is -0.518. The number of carbonyl (C=O) groups excluding carboxylic acids is 1. The molecule has 26 heavy (non-hydrogen) atoms. The average molecular weight is 348 g/mol. The molecule has 1 aromatic heterocycles. The number of halogens is 1. The van der Waals surface area contributed by atoms with Gasteiger partial charge in [-0.25, -0.2) is 4.39 Å². The Morgan fingerprint density at radius 3 is 2.77 bits per heavy atom. The predicted molar refractivity (Wildman–Crippen MR) is 99.6 cm³/mol. The number of hydrogen-bond acceptors (Lipinski definition) is 3. The van der Waals surface area contributed by atoms with Crippen LogP contribution in [0.2, 0.25) is 0 Å². The molecule has 130 valence electrons. The molecule has 0 saturated carbocycles. The molecule has 0 fully saturated rings. The van der Waals surface area contributed by atoms with Crippen LogP contribution in [-0.4, -0.2) is 10.9 Å². The first-order chi connectivity index (χ1) is 12.6. The largest absolute Gasteiger partial charge is 0.453 e. The molecule has 0 atom stereocenters. The van der Waals surface area contributed by atoms with E-state index in [1.54, 1.807) is 30.5 Å². The number of nitrogens with zero attached hydrogens (tertiary/aromatic N) is 1. The van der Waals surface area contributed by atoms with E-state index in [9.17, 15) is 9.18 Å². The van der Waals surface area contributed by atoms with E-state index in [-0.39, 0.29) is 11.7 Å². The number of carbonyl (C=O) groups is 1. The van der Waals surface area contributed by atoms with E-state index in [0.29, 0.717) is 17.0 Å². The summed E-state index contributed by atoms with van der Waals surface area (Å²) in [6, 6.07) is 15.4. The van der Waals surface area contributed by atoms with Gasteiger partial charge in [-0.15, -0.1) is 0 Å². The van der Waals surface area contributed by atoms with Gasteiger partial charge in [-0.2, -0.15) is 0 Å². The molecule has 0 bridgehead atoms. The van der Waals surface area contributed by atoms with Gasteiger partial charge in [-0.1, -0.05) is 18.2 Å². The lowest BCUT2D eigenvalue weighted by Gasteiger charge is -2.06. The minimum Gasteiger partial charge on any atom is -0.453 e. The molecule has 0 aliphatic carbocycles. The number of rotatable bonds is 5. The molecule has 0 unspecified atom stereocenters. The van der Waals surface area contributed by atoms with Crippen molar-refractivity contribution in [1.82, 2.24) is 4.98 Å². The summed E-state index contributed by atoms with van der Waals surface area (Å²) in [6.07, 6.45) is 6.02. The molecular formula is C21H17FN2O2. The summed E-state index contributed by atoms with van der Waals surface area (Å²) >= 11 is 0. The Morgan fingerprint density at radius 1 is 1.15 bits per heavy atom. The maximum atomic E-state index is 14.2. The third-order valence-corrected chi connectivity index (χ3v) is 3.53. The van der Waals surface area contributed by atoms with Crippen LogP contribution in [0.3, 0.4) is 0 Å². The van der Waals surface area contributed by atoms with Gasteiger partial charge in [-0.3, -0.25) is 9.78 Å². The minimum absolute atomic E-state index is 0.0966. The Morgan fingerprint density at radius 2 is 2.04 bits per heavy atom. The van der Waals surface area contributed by atoms with E-state index in [1.807, 2.05) is 31.2 Å². The van der Waals surface area contributed by atoms with Crippen molar-refractivity contribution < 1.29 is 13.9 Å². The number of hydrogen-bond donors (Lipinski definition) is 1. The summed E-state index contributed by atoms with van der Waals surface area (Å²) in [6.45, 7) is 1.95. The molecule has 0 aliphatic rings. The monoisotopic (exact) mass is 348 g/mol. The summed E-state index contributed by atoms with van der Waals surface area (Å²) in [4.78, 5) is 15.9. The molecule has 1 N–H and O–H groups in total. The quantitative estimate of drug-likeness (QED) is 0.662. The molecule has 0 aliphatic heterocycles. The molecular weight excluding hydrogens is 331 g/mol. The lowest BCUT2D eigenvalue weighted by Crippen LogP contribution is -2.07. The van der Waals surface area contributed by atoms with E-state index in [2.05, 4.69) is 10.3 Å². The Bertz CT molecular complexity index is 940. The number of aryl methyl sites for hydroxylation is 1. The summed E-state index contributed by atoms with van der Waals surface area (Å²) in [5.74, 6) is -0.256. The summed E-state index contributed by atoms with van der Waals surface area (Å²) < 4.78 is 19.6. The van der Waals surface area contributed by atoms with E-state index >= 15 is 0 Å². The van der Waals surface area contributed by atoms with Crippen molar-refractivity contribution in [3.8, 4) is 11.5 Å². The van der Waals surface area contributed by atoms with Gasteiger partial charge >= 0.3 is 0 Å². The zero-order valence-corrected chi connectivity index (χ0v) is 14.1. The second-order valence-corrected chi connectivity index (χ2v) is 5.67. The fourth-order valence-electron chi connectivity index (χ4n) is 2.32. The highest BCUT2D eigenvalue weighted by molar-refractivity contribution is 6.01. The zero-order valence-electron chi connectivity index (χ0n) is 14.1. The maximum Gasteiger partial charge on any atom is 0.248 e. The van der Waals surface area contributed by atoms with Crippen molar-refractivity contribution in [2.24, 2.45) is 0 Å². The molecule has 1 amide bonds. The van der Waals surface area contributed by atoms with Crippen molar-refractivity contribution in [1.29, 1.82) is 0 Å². The fourth-order valence-corrected chi connectivity index (χ4v) is 2.32. The lowest BCUT2D eigenvalue weighted by atomic mass is 10.2. The Kier molecular flexibility index (Phi) is 5.39. The molecule has 0 saturated heterocycles. The predicted octanol–water partition coefficient (Wildman–Crippen LogP) is 4.97. The molecule has 3 rings (SSSR count). The van der Waals surface area contributed by atoms with E-state index in [4.69, 9.17) is 4.74 Å². The van der Waals surface area contributed by atoms with Crippen LogP contribution < -0.4 is 10.1 Å². The van der Waals surface area contributed by atoms with Crippen molar-refractivity contribution in [2.45, 2.75) is 6.92 Å². The Balaban J connectivity index is 1.65.